The van der Waals surface area contributed by atoms with Crippen LogP contribution in [-0.2, 0) is 0 Å². The molecule has 0 saturated carbocycles. The van der Waals surface area contributed by atoms with Gasteiger partial charge in [-0.3, -0.25) is 4.40 Å². The summed E-state index contributed by atoms with van der Waals surface area (Å²) in [7, 11) is 0. The van der Waals surface area contributed by atoms with Gasteiger partial charge in [-0.05, 0) is 12.1 Å². The summed E-state index contributed by atoms with van der Waals surface area (Å²) in [6, 6.07) is 3.59. The molecule has 0 aliphatic rings. The van der Waals surface area contributed by atoms with Crippen molar-refractivity contribution in [3.05, 3.63) is 34.7 Å². The molecule has 0 aliphatic heterocycles. The molecule has 2 aromatic heterocycles. The van der Waals surface area contributed by atoms with Gasteiger partial charge in [-0.15, -0.1) is 0 Å². The molecule has 0 fully saturated rings. The van der Waals surface area contributed by atoms with Gasteiger partial charge in [0, 0.05) is 6.20 Å². The average Bonchev–Trinajstić information content (AvgIpc) is 2.33. The smallest absolute Gasteiger partial charge is 0.137 e. The molecule has 0 aliphatic carbocycles. The Labute approximate surface area is 73.4 Å². The third-order valence-corrected chi connectivity index (χ3v) is 1.93. The number of aromatic nitrogens is 2. The van der Waals surface area contributed by atoms with Crippen LogP contribution in [0.15, 0.2) is 24.5 Å². The molecule has 4 heteroatoms. The summed E-state index contributed by atoms with van der Waals surface area (Å²) in [5, 5.41) is 1.22. The van der Waals surface area contributed by atoms with Crippen LogP contribution in [0, 0.1) is 0 Å². The number of halogens is 2. The fraction of sp³-hybridized carbons (Fsp3) is 0. The van der Waals surface area contributed by atoms with Gasteiger partial charge in [-0.1, -0.05) is 23.2 Å². The van der Waals surface area contributed by atoms with Crippen LogP contribution >= 0.6 is 23.2 Å². The van der Waals surface area contributed by atoms with Gasteiger partial charge in [0.05, 0.1) is 11.2 Å². The topological polar surface area (TPSA) is 17.3 Å². The van der Waals surface area contributed by atoms with Crippen LogP contribution in [0.3, 0.4) is 0 Å². The van der Waals surface area contributed by atoms with Gasteiger partial charge in [0.25, 0.3) is 0 Å². The second kappa shape index (κ2) is 2.40. The molecule has 2 nitrogen and oxygen atoms in total. The quantitative estimate of drug-likeness (QED) is 0.619. The maximum Gasteiger partial charge on any atom is 0.137 e. The zero-order valence-electron chi connectivity index (χ0n) is 5.46. The molecule has 0 saturated heterocycles. The fourth-order valence-corrected chi connectivity index (χ4v) is 1.27. The van der Waals surface area contributed by atoms with E-state index in [1.807, 2.05) is 6.07 Å². The van der Waals surface area contributed by atoms with E-state index in [9.17, 15) is 0 Å². The summed E-state index contributed by atoms with van der Waals surface area (Å²) in [5.41, 5.74) is 0.805. The van der Waals surface area contributed by atoms with Gasteiger partial charge in [0.15, 0.2) is 0 Å². The third-order valence-electron chi connectivity index (χ3n) is 1.42. The van der Waals surface area contributed by atoms with Crippen molar-refractivity contribution in [1.82, 2.24) is 9.38 Å². The van der Waals surface area contributed by atoms with Crippen molar-refractivity contribution in [2.75, 3.05) is 0 Å². The molecule has 2 rings (SSSR count). The minimum absolute atomic E-state index is 0.572. The summed E-state index contributed by atoms with van der Waals surface area (Å²) in [5.74, 6) is 0. The second-order valence-corrected chi connectivity index (χ2v) is 2.98. The molecule has 11 heavy (non-hydrogen) atoms. The van der Waals surface area contributed by atoms with Crippen LogP contribution in [0.1, 0.15) is 0 Å². The van der Waals surface area contributed by atoms with Crippen molar-refractivity contribution >= 4 is 28.8 Å². The summed E-state index contributed by atoms with van der Waals surface area (Å²) in [6.45, 7) is 0. The number of fused-ring (bicyclic) bond motifs is 1. The van der Waals surface area contributed by atoms with Gasteiger partial charge < -0.3 is 0 Å². The van der Waals surface area contributed by atoms with Gasteiger partial charge in [-0.25, -0.2) is 4.98 Å². The minimum Gasteiger partial charge on any atom is -0.289 e. The maximum absolute atomic E-state index is 5.79. The molecular weight excluding hydrogens is 183 g/mol. The molecule has 0 atom stereocenters. The first kappa shape index (κ1) is 6.95. The second-order valence-electron chi connectivity index (χ2n) is 2.16. The van der Waals surface area contributed by atoms with E-state index < -0.39 is 0 Å². The zero-order chi connectivity index (χ0) is 7.84. The predicted molar refractivity (Wildman–Crippen MR) is 45.2 cm³/mol. The Bertz CT molecular complexity index is 394. The number of rotatable bonds is 0. The van der Waals surface area contributed by atoms with Crippen molar-refractivity contribution in [3.8, 4) is 0 Å². The van der Waals surface area contributed by atoms with E-state index in [1.54, 1.807) is 22.9 Å². The monoisotopic (exact) mass is 186 g/mol. The molecule has 0 aromatic carbocycles. The van der Waals surface area contributed by atoms with Crippen LogP contribution in [0.25, 0.3) is 5.65 Å². The lowest BCUT2D eigenvalue weighted by atomic mass is 10.5. The first-order valence-electron chi connectivity index (χ1n) is 3.05. The Hall–Kier alpha value is -0.730. The molecule has 0 bridgehead atoms. The average molecular weight is 187 g/mol. The Kier molecular flexibility index (Phi) is 1.51. The van der Waals surface area contributed by atoms with E-state index in [0.29, 0.717) is 10.2 Å². The van der Waals surface area contributed by atoms with E-state index in [-0.39, 0.29) is 0 Å². The Morgan fingerprint density at radius 1 is 1.27 bits per heavy atom. The Morgan fingerprint density at radius 3 is 2.91 bits per heavy atom. The van der Waals surface area contributed by atoms with Crippen molar-refractivity contribution in [2.45, 2.75) is 0 Å². The number of pyridine rings is 1. The normalized spacial score (nSPS) is 10.7. The van der Waals surface area contributed by atoms with E-state index >= 15 is 0 Å². The van der Waals surface area contributed by atoms with Crippen LogP contribution in [-0.4, -0.2) is 9.38 Å². The van der Waals surface area contributed by atoms with Crippen molar-refractivity contribution in [2.24, 2.45) is 0 Å². The van der Waals surface area contributed by atoms with E-state index in [2.05, 4.69) is 4.98 Å². The van der Waals surface area contributed by atoms with Gasteiger partial charge in [0.1, 0.15) is 10.8 Å². The molecule has 2 aromatic rings. The van der Waals surface area contributed by atoms with Crippen LogP contribution in [0.4, 0.5) is 0 Å². The van der Waals surface area contributed by atoms with Crippen molar-refractivity contribution in [3.63, 3.8) is 0 Å². The third kappa shape index (κ3) is 1.08. The molecule has 0 spiro atoms. The highest BCUT2D eigenvalue weighted by molar-refractivity contribution is 6.31. The number of imidazole rings is 1. The first-order chi connectivity index (χ1) is 5.27. The van der Waals surface area contributed by atoms with Gasteiger partial charge in [0.2, 0.25) is 0 Å². The molecule has 0 unspecified atom stereocenters. The van der Waals surface area contributed by atoms with E-state index in [1.165, 1.54) is 0 Å². The SMILES string of the molecule is Clc1ccc2ncc(Cl)n2c1. The first-order valence-corrected chi connectivity index (χ1v) is 3.81. The maximum atomic E-state index is 5.79. The Balaban J connectivity index is 2.87. The van der Waals surface area contributed by atoms with Crippen molar-refractivity contribution < 1.29 is 0 Å². The fourth-order valence-electron chi connectivity index (χ4n) is 0.925. The predicted octanol–water partition coefficient (Wildman–Crippen LogP) is 2.64. The summed E-state index contributed by atoms with van der Waals surface area (Å²) < 4.78 is 1.73. The lowest BCUT2D eigenvalue weighted by Crippen LogP contribution is -1.82. The molecule has 2 heterocycles. The Morgan fingerprint density at radius 2 is 2.09 bits per heavy atom. The van der Waals surface area contributed by atoms with Crippen LogP contribution < -0.4 is 0 Å². The number of nitrogens with zero attached hydrogens (tertiary/aromatic N) is 2. The van der Waals surface area contributed by atoms with Crippen LogP contribution in [0.2, 0.25) is 10.2 Å². The largest absolute Gasteiger partial charge is 0.289 e. The highest BCUT2D eigenvalue weighted by Crippen LogP contribution is 2.15. The lowest BCUT2D eigenvalue weighted by Gasteiger charge is -1.93. The zero-order valence-corrected chi connectivity index (χ0v) is 6.97. The van der Waals surface area contributed by atoms with Gasteiger partial charge >= 0.3 is 0 Å². The standard InChI is InChI=1S/C7H4Cl2N2/c8-5-1-2-7-10-3-6(9)11(7)4-5/h1-4H. The van der Waals surface area contributed by atoms with E-state index in [0.717, 1.165) is 5.65 Å². The summed E-state index contributed by atoms with van der Waals surface area (Å²) in [6.07, 6.45) is 3.32. The highest BCUT2D eigenvalue weighted by Gasteiger charge is 1.98. The number of hydrogen-bond acceptors (Lipinski definition) is 1. The summed E-state index contributed by atoms with van der Waals surface area (Å²) >= 11 is 11.5. The summed E-state index contributed by atoms with van der Waals surface area (Å²) in [4.78, 5) is 4.03. The van der Waals surface area contributed by atoms with Crippen molar-refractivity contribution in [1.29, 1.82) is 0 Å². The highest BCUT2D eigenvalue weighted by atomic mass is 35.5. The minimum atomic E-state index is 0.572. The van der Waals surface area contributed by atoms with E-state index in [4.69, 9.17) is 23.2 Å². The van der Waals surface area contributed by atoms with Gasteiger partial charge in [-0.2, -0.15) is 0 Å². The molecule has 0 N–H and O–H groups in total. The number of hydrogen-bond donors (Lipinski definition) is 0. The van der Waals surface area contributed by atoms with Crippen LogP contribution in [0.5, 0.6) is 0 Å². The molecule has 0 radical (unpaired) electrons. The lowest BCUT2D eigenvalue weighted by molar-refractivity contribution is 1.19. The molecular formula is C7H4Cl2N2. The molecule has 0 amide bonds. The molecule has 56 valence electrons.